The summed E-state index contributed by atoms with van der Waals surface area (Å²) in [5.41, 5.74) is -0.373. The Morgan fingerprint density at radius 1 is 1.31 bits per heavy atom. The van der Waals surface area contributed by atoms with Gasteiger partial charge in [-0.15, -0.1) is 0 Å². The average Bonchev–Trinajstić information content (AvgIpc) is 2.03. The van der Waals surface area contributed by atoms with Crippen LogP contribution in [0.15, 0.2) is 12.1 Å². The van der Waals surface area contributed by atoms with Crippen LogP contribution in [0.4, 0.5) is 13.2 Å². The summed E-state index contributed by atoms with van der Waals surface area (Å²) in [5, 5.41) is 0.328. The molecule has 70 valence electrons. The number of ether oxygens (including phenoxy) is 1. The van der Waals surface area contributed by atoms with Crippen molar-refractivity contribution in [2.45, 2.75) is 12.8 Å². The zero-order valence-electron chi connectivity index (χ0n) is 6.28. The SMILES string of the molecule is FC(F)(F)c1cc2c(Cl)cc1OC2. The number of alkyl halides is 3. The predicted octanol–water partition coefficient (Wildman–Crippen LogP) is 3.25. The van der Waals surface area contributed by atoms with Gasteiger partial charge in [-0.05, 0) is 12.1 Å². The largest absolute Gasteiger partial charge is 0.488 e. The highest BCUT2D eigenvalue weighted by Crippen LogP contribution is 2.42. The molecule has 0 aromatic heterocycles. The first-order valence-corrected chi connectivity index (χ1v) is 3.88. The molecule has 0 unspecified atom stereocenters. The van der Waals surface area contributed by atoms with Gasteiger partial charge in [0.1, 0.15) is 12.4 Å². The smallest absolute Gasteiger partial charge is 0.419 e. The van der Waals surface area contributed by atoms with Gasteiger partial charge in [-0.3, -0.25) is 0 Å². The lowest BCUT2D eigenvalue weighted by Crippen LogP contribution is -2.14. The molecule has 0 fully saturated rings. The lowest BCUT2D eigenvalue weighted by molar-refractivity contribution is -0.139. The van der Waals surface area contributed by atoms with Crippen molar-refractivity contribution in [3.8, 4) is 5.75 Å². The molecule has 0 N–H and O–H groups in total. The second kappa shape index (κ2) is 2.54. The summed E-state index contributed by atoms with van der Waals surface area (Å²) < 4.78 is 41.6. The Hall–Kier alpha value is -0.900. The Bertz CT molecular complexity index is 359. The summed E-state index contributed by atoms with van der Waals surface area (Å²) in [4.78, 5) is 0. The first kappa shape index (κ1) is 8.69. The van der Waals surface area contributed by atoms with Gasteiger partial charge in [-0.1, -0.05) is 11.6 Å². The molecule has 5 heteroatoms. The van der Waals surface area contributed by atoms with Gasteiger partial charge in [0.05, 0.1) is 10.6 Å². The van der Waals surface area contributed by atoms with Crippen molar-refractivity contribution in [2.75, 3.05) is 0 Å². The quantitative estimate of drug-likeness (QED) is 0.636. The van der Waals surface area contributed by atoms with E-state index in [0.717, 1.165) is 6.07 Å². The Kier molecular flexibility index (Phi) is 1.70. The molecule has 2 heterocycles. The van der Waals surface area contributed by atoms with Crippen molar-refractivity contribution in [2.24, 2.45) is 0 Å². The Morgan fingerprint density at radius 2 is 2.00 bits per heavy atom. The van der Waals surface area contributed by atoms with Crippen LogP contribution in [0.5, 0.6) is 5.75 Å². The van der Waals surface area contributed by atoms with Crippen molar-refractivity contribution in [3.05, 3.63) is 28.3 Å². The number of halogens is 4. The lowest BCUT2D eigenvalue weighted by atomic mass is 10.1. The molecule has 0 saturated heterocycles. The van der Waals surface area contributed by atoms with Gasteiger partial charge in [0.15, 0.2) is 0 Å². The number of benzene rings is 1. The molecule has 2 aliphatic rings. The van der Waals surface area contributed by atoms with Crippen LogP contribution in [-0.2, 0) is 12.8 Å². The number of fused-ring (bicyclic) bond motifs is 3. The minimum absolute atomic E-state index is 0.129. The summed E-state index contributed by atoms with van der Waals surface area (Å²) in [6, 6.07) is 2.23. The molecule has 0 aliphatic carbocycles. The minimum atomic E-state index is -4.37. The van der Waals surface area contributed by atoms with Crippen molar-refractivity contribution in [3.63, 3.8) is 0 Å². The van der Waals surface area contributed by atoms with Gasteiger partial charge in [-0.2, -0.15) is 13.2 Å². The Morgan fingerprint density at radius 3 is 2.38 bits per heavy atom. The van der Waals surface area contributed by atoms with Gasteiger partial charge < -0.3 is 4.74 Å². The maximum atomic E-state index is 12.3. The fourth-order valence-corrected chi connectivity index (χ4v) is 1.42. The fraction of sp³-hybridized carbons (Fsp3) is 0.250. The first-order valence-electron chi connectivity index (χ1n) is 3.51. The van der Waals surface area contributed by atoms with E-state index < -0.39 is 11.7 Å². The molecular formula is C8H4ClF3O. The molecule has 1 aromatic rings. The Labute approximate surface area is 77.1 Å². The van der Waals surface area contributed by atoms with Crippen LogP contribution in [0.3, 0.4) is 0 Å². The standard InChI is InChI=1S/C8H4ClF3O/c9-6-2-7-5(8(10,11)12)1-4(6)3-13-7/h1-2H,3H2. The zero-order chi connectivity index (χ0) is 9.64. The van der Waals surface area contributed by atoms with Crippen molar-refractivity contribution < 1.29 is 17.9 Å². The van der Waals surface area contributed by atoms with Gasteiger partial charge >= 0.3 is 6.18 Å². The van der Waals surface area contributed by atoms with Gasteiger partial charge in [0, 0.05) is 5.56 Å². The summed E-state index contributed by atoms with van der Waals surface area (Å²) >= 11 is 5.64. The number of rotatable bonds is 0. The first-order chi connectivity index (χ1) is 5.98. The molecule has 0 spiro atoms. The van der Waals surface area contributed by atoms with Crippen LogP contribution < -0.4 is 4.74 Å². The van der Waals surface area contributed by atoms with E-state index in [-0.39, 0.29) is 12.4 Å². The van der Waals surface area contributed by atoms with Gasteiger partial charge in [0.2, 0.25) is 0 Å². The second-order valence-corrected chi connectivity index (χ2v) is 3.13. The zero-order valence-corrected chi connectivity index (χ0v) is 7.04. The summed E-state index contributed by atoms with van der Waals surface area (Å²) in [6.07, 6.45) is -4.37. The molecule has 1 aromatic carbocycles. The third-order valence-electron chi connectivity index (χ3n) is 1.84. The number of hydrogen-bond donors (Lipinski definition) is 0. The van der Waals surface area contributed by atoms with E-state index in [0.29, 0.717) is 10.6 Å². The topological polar surface area (TPSA) is 9.23 Å². The lowest BCUT2D eigenvalue weighted by Gasteiger charge is -2.21. The summed E-state index contributed by atoms with van der Waals surface area (Å²) in [7, 11) is 0. The van der Waals surface area contributed by atoms with Crippen molar-refractivity contribution >= 4 is 11.6 Å². The van der Waals surface area contributed by atoms with Crippen molar-refractivity contribution in [1.82, 2.24) is 0 Å². The summed E-state index contributed by atoms with van der Waals surface area (Å²) in [6.45, 7) is 0.129. The molecule has 1 nitrogen and oxygen atoms in total. The average molecular weight is 209 g/mol. The fourth-order valence-electron chi connectivity index (χ4n) is 1.21. The van der Waals surface area contributed by atoms with Crippen LogP contribution in [0.2, 0.25) is 5.02 Å². The highest BCUT2D eigenvalue weighted by atomic mass is 35.5. The van der Waals surface area contributed by atoms with Crippen molar-refractivity contribution in [1.29, 1.82) is 0 Å². The molecule has 0 amide bonds. The number of hydrogen-bond acceptors (Lipinski definition) is 1. The van der Waals surface area contributed by atoms with E-state index in [2.05, 4.69) is 0 Å². The predicted molar refractivity (Wildman–Crippen MR) is 40.8 cm³/mol. The van der Waals surface area contributed by atoms with E-state index in [9.17, 15) is 13.2 Å². The summed E-state index contributed by atoms with van der Waals surface area (Å²) in [5.74, 6) is -0.187. The second-order valence-electron chi connectivity index (χ2n) is 2.73. The molecule has 2 aliphatic heterocycles. The molecule has 0 atom stereocenters. The van der Waals surface area contributed by atoms with Gasteiger partial charge in [0.25, 0.3) is 0 Å². The van der Waals surface area contributed by atoms with E-state index in [4.69, 9.17) is 16.3 Å². The van der Waals surface area contributed by atoms with E-state index >= 15 is 0 Å². The molecular weight excluding hydrogens is 205 g/mol. The van der Waals surface area contributed by atoms with Crippen LogP contribution in [0.1, 0.15) is 11.1 Å². The maximum Gasteiger partial charge on any atom is 0.419 e. The highest BCUT2D eigenvalue weighted by molar-refractivity contribution is 6.31. The van der Waals surface area contributed by atoms with Crippen LogP contribution in [0.25, 0.3) is 0 Å². The van der Waals surface area contributed by atoms with Crippen LogP contribution in [0, 0.1) is 0 Å². The Balaban J connectivity index is 2.59. The molecule has 0 saturated carbocycles. The maximum absolute atomic E-state index is 12.3. The van der Waals surface area contributed by atoms with Crippen LogP contribution >= 0.6 is 11.6 Å². The third-order valence-corrected chi connectivity index (χ3v) is 2.19. The molecule has 2 bridgehead atoms. The normalized spacial score (nSPS) is 14.5. The van der Waals surface area contributed by atoms with Gasteiger partial charge in [-0.25, -0.2) is 0 Å². The van der Waals surface area contributed by atoms with E-state index in [1.165, 1.54) is 6.07 Å². The van der Waals surface area contributed by atoms with E-state index in [1.807, 2.05) is 0 Å². The minimum Gasteiger partial charge on any atom is -0.488 e. The monoisotopic (exact) mass is 208 g/mol. The third kappa shape index (κ3) is 1.35. The molecule has 13 heavy (non-hydrogen) atoms. The van der Waals surface area contributed by atoms with E-state index in [1.54, 1.807) is 0 Å². The van der Waals surface area contributed by atoms with Crippen LogP contribution in [-0.4, -0.2) is 0 Å². The molecule has 3 rings (SSSR count). The highest BCUT2D eigenvalue weighted by Gasteiger charge is 2.37. The molecule has 0 radical (unpaired) electrons.